The maximum absolute atomic E-state index is 12.7. The normalized spacial score (nSPS) is 9.64. The van der Waals surface area contributed by atoms with Crippen molar-refractivity contribution in [3.8, 4) is 0 Å². The zero-order valence-electron chi connectivity index (χ0n) is 5.30. The number of carbonyl (C=O) groups is 1. The molecule has 0 amide bonds. The predicted molar refractivity (Wildman–Crippen MR) is 38.4 cm³/mol. The molecule has 11 heavy (non-hydrogen) atoms. The fraction of sp³-hybridized carbons (Fsp3) is 0. The SMILES string of the molecule is O=C([O-])c1ccc(Br)cc1F. The Morgan fingerprint density at radius 2 is 2.18 bits per heavy atom. The third kappa shape index (κ3) is 1.77. The van der Waals surface area contributed by atoms with Crippen LogP contribution in [0, 0.1) is 5.82 Å². The Balaban J connectivity index is 3.20. The molecule has 1 aromatic carbocycles. The lowest BCUT2D eigenvalue weighted by molar-refractivity contribution is -0.255. The third-order valence-corrected chi connectivity index (χ3v) is 1.64. The molecule has 0 aliphatic heterocycles. The van der Waals surface area contributed by atoms with Crippen LogP contribution in [0.5, 0.6) is 0 Å². The van der Waals surface area contributed by atoms with Crippen molar-refractivity contribution in [1.29, 1.82) is 0 Å². The first kappa shape index (κ1) is 8.20. The first-order chi connectivity index (χ1) is 5.11. The molecular formula is C7H3BrFO2-. The number of hydrogen-bond acceptors (Lipinski definition) is 2. The molecule has 0 radical (unpaired) electrons. The van der Waals surface area contributed by atoms with E-state index >= 15 is 0 Å². The second kappa shape index (κ2) is 3.00. The van der Waals surface area contributed by atoms with Crippen LogP contribution in [0.1, 0.15) is 10.4 Å². The van der Waals surface area contributed by atoms with E-state index in [1.54, 1.807) is 0 Å². The van der Waals surface area contributed by atoms with Crippen LogP contribution in [0.15, 0.2) is 22.7 Å². The molecule has 4 heteroatoms. The molecule has 0 aromatic heterocycles. The quantitative estimate of drug-likeness (QED) is 0.703. The summed E-state index contributed by atoms with van der Waals surface area (Å²) >= 11 is 2.99. The van der Waals surface area contributed by atoms with Crippen LogP contribution < -0.4 is 5.11 Å². The van der Waals surface area contributed by atoms with Gasteiger partial charge in [0.15, 0.2) is 0 Å². The minimum absolute atomic E-state index is 0.423. The first-order valence-corrected chi connectivity index (χ1v) is 3.57. The van der Waals surface area contributed by atoms with Crippen LogP contribution in [0.2, 0.25) is 0 Å². The Morgan fingerprint density at radius 1 is 1.55 bits per heavy atom. The van der Waals surface area contributed by atoms with E-state index in [2.05, 4.69) is 15.9 Å². The number of carbonyl (C=O) groups excluding carboxylic acids is 1. The largest absolute Gasteiger partial charge is 0.545 e. The average molecular weight is 218 g/mol. The van der Waals surface area contributed by atoms with Gasteiger partial charge in [0, 0.05) is 10.0 Å². The molecule has 0 unspecified atom stereocenters. The lowest BCUT2D eigenvalue weighted by atomic mass is 10.2. The molecule has 1 rings (SSSR count). The topological polar surface area (TPSA) is 40.1 Å². The lowest BCUT2D eigenvalue weighted by Crippen LogP contribution is -2.23. The molecule has 0 aliphatic carbocycles. The molecule has 1 aromatic rings. The second-order valence-electron chi connectivity index (χ2n) is 1.91. The summed E-state index contributed by atoms with van der Waals surface area (Å²) in [4.78, 5) is 10.2. The van der Waals surface area contributed by atoms with Gasteiger partial charge in [0.25, 0.3) is 0 Å². The van der Waals surface area contributed by atoms with Crippen LogP contribution in [0.25, 0.3) is 0 Å². The Hall–Kier alpha value is -0.900. The molecule has 0 aliphatic rings. The number of carboxylic acid groups (broad SMARTS) is 1. The monoisotopic (exact) mass is 217 g/mol. The number of benzene rings is 1. The van der Waals surface area contributed by atoms with Gasteiger partial charge in [0.2, 0.25) is 0 Å². The number of carboxylic acids is 1. The molecule has 58 valence electrons. The summed E-state index contributed by atoms with van der Waals surface area (Å²) in [7, 11) is 0. The maximum Gasteiger partial charge on any atom is 0.133 e. The smallest absolute Gasteiger partial charge is 0.133 e. The summed E-state index contributed by atoms with van der Waals surface area (Å²) in [5.41, 5.74) is -0.423. The van der Waals surface area contributed by atoms with Gasteiger partial charge >= 0.3 is 0 Å². The summed E-state index contributed by atoms with van der Waals surface area (Å²) in [5.74, 6) is -2.30. The highest BCUT2D eigenvalue weighted by atomic mass is 79.9. The van der Waals surface area contributed by atoms with Gasteiger partial charge in [0.05, 0.1) is 5.97 Å². The van der Waals surface area contributed by atoms with Gasteiger partial charge < -0.3 is 9.90 Å². The van der Waals surface area contributed by atoms with Gasteiger partial charge in [-0.25, -0.2) is 4.39 Å². The van der Waals surface area contributed by atoms with Gasteiger partial charge in [-0.1, -0.05) is 15.9 Å². The molecule has 0 N–H and O–H groups in total. The molecular weight excluding hydrogens is 215 g/mol. The second-order valence-corrected chi connectivity index (χ2v) is 2.83. The number of aromatic carboxylic acids is 1. The van der Waals surface area contributed by atoms with Crippen molar-refractivity contribution in [3.05, 3.63) is 34.1 Å². The highest BCUT2D eigenvalue weighted by Crippen LogP contribution is 2.14. The van der Waals surface area contributed by atoms with Crippen LogP contribution >= 0.6 is 15.9 Å². The van der Waals surface area contributed by atoms with E-state index in [4.69, 9.17) is 0 Å². The van der Waals surface area contributed by atoms with Crippen molar-refractivity contribution in [2.75, 3.05) is 0 Å². The molecule has 0 spiro atoms. The first-order valence-electron chi connectivity index (χ1n) is 2.77. The van der Waals surface area contributed by atoms with Crippen LogP contribution in [0.4, 0.5) is 4.39 Å². The van der Waals surface area contributed by atoms with E-state index in [1.165, 1.54) is 6.07 Å². The maximum atomic E-state index is 12.7. The standard InChI is InChI=1S/C7H4BrFO2/c8-4-1-2-5(7(10)11)6(9)3-4/h1-3H,(H,10,11)/p-1. The van der Waals surface area contributed by atoms with Crippen molar-refractivity contribution in [2.24, 2.45) is 0 Å². The molecule has 0 heterocycles. The van der Waals surface area contributed by atoms with Gasteiger partial charge in [-0.3, -0.25) is 0 Å². The lowest BCUT2D eigenvalue weighted by Gasteiger charge is -2.02. The van der Waals surface area contributed by atoms with Crippen molar-refractivity contribution in [2.45, 2.75) is 0 Å². The zero-order valence-corrected chi connectivity index (χ0v) is 6.89. The van der Waals surface area contributed by atoms with E-state index in [0.29, 0.717) is 4.47 Å². The van der Waals surface area contributed by atoms with E-state index in [1.807, 2.05) is 0 Å². The Labute approximate surface area is 70.8 Å². The number of hydrogen-bond donors (Lipinski definition) is 0. The highest BCUT2D eigenvalue weighted by Gasteiger charge is 2.01. The van der Waals surface area contributed by atoms with Crippen LogP contribution in [-0.4, -0.2) is 5.97 Å². The van der Waals surface area contributed by atoms with E-state index < -0.39 is 17.3 Å². The minimum Gasteiger partial charge on any atom is -0.545 e. The fourth-order valence-corrected chi connectivity index (χ4v) is 0.988. The molecule has 0 atom stereocenters. The summed E-state index contributed by atoms with van der Waals surface area (Å²) in [5, 5.41) is 10.2. The minimum atomic E-state index is -1.50. The molecule has 2 nitrogen and oxygen atoms in total. The fourth-order valence-electron chi connectivity index (χ4n) is 0.655. The van der Waals surface area contributed by atoms with E-state index in [-0.39, 0.29) is 0 Å². The molecule has 0 bridgehead atoms. The Bertz CT molecular complexity index is 298. The summed E-state index contributed by atoms with van der Waals surface area (Å²) in [6, 6.07) is 3.66. The molecule has 0 saturated heterocycles. The molecule has 0 fully saturated rings. The predicted octanol–water partition coefficient (Wildman–Crippen LogP) is 0.952. The molecule has 0 saturated carbocycles. The van der Waals surface area contributed by atoms with E-state index in [9.17, 15) is 14.3 Å². The summed E-state index contributed by atoms with van der Waals surface area (Å²) < 4.78 is 13.2. The summed E-state index contributed by atoms with van der Waals surface area (Å²) in [6.45, 7) is 0. The highest BCUT2D eigenvalue weighted by molar-refractivity contribution is 9.10. The van der Waals surface area contributed by atoms with Crippen LogP contribution in [-0.2, 0) is 0 Å². The van der Waals surface area contributed by atoms with Crippen LogP contribution in [0.3, 0.4) is 0 Å². The van der Waals surface area contributed by atoms with Gasteiger partial charge in [0.1, 0.15) is 5.82 Å². The van der Waals surface area contributed by atoms with Crippen molar-refractivity contribution in [3.63, 3.8) is 0 Å². The van der Waals surface area contributed by atoms with Crippen molar-refractivity contribution < 1.29 is 14.3 Å². The van der Waals surface area contributed by atoms with Crippen molar-refractivity contribution in [1.82, 2.24) is 0 Å². The van der Waals surface area contributed by atoms with E-state index in [0.717, 1.165) is 12.1 Å². The summed E-state index contributed by atoms with van der Waals surface area (Å²) in [6.07, 6.45) is 0. The van der Waals surface area contributed by atoms with Gasteiger partial charge in [-0.15, -0.1) is 0 Å². The Morgan fingerprint density at radius 3 is 2.64 bits per heavy atom. The van der Waals surface area contributed by atoms with Gasteiger partial charge in [-0.2, -0.15) is 0 Å². The average Bonchev–Trinajstić information content (AvgIpc) is 1.85. The van der Waals surface area contributed by atoms with Crippen molar-refractivity contribution >= 4 is 21.9 Å². The third-order valence-electron chi connectivity index (χ3n) is 1.15. The van der Waals surface area contributed by atoms with Gasteiger partial charge in [-0.05, 0) is 18.2 Å². The number of halogens is 2. The zero-order chi connectivity index (χ0) is 8.43. The number of rotatable bonds is 1. The Kier molecular flexibility index (Phi) is 2.24.